The second-order valence-electron chi connectivity index (χ2n) is 4.19. The molecule has 0 aliphatic carbocycles. The molecule has 0 atom stereocenters. The molecule has 0 aliphatic rings. The smallest absolute Gasteiger partial charge is 0.221 e. The number of halogens is 2. The quantitative estimate of drug-likeness (QED) is 0.458. The van der Waals surface area contributed by atoms with Crippen LogP contribution < -0.4 is 21.9 Å². The Morgan fingerprint density at radius 1 is 1.37 bits per heavy atom. The third kappa shape index (κ3) is 4.66. The number of nitrogens with two attached hydrogens (primary N) is 1. The average Bonchev–Trinajstić information content (AvgIpc) is 2.31. The topological polar surface area (TPSA) is 92.1 Å². The van der Waals surface area contributed by atoms with Gasteiger partial charge in [0.2, 0.25) is 5.91 Å². The molecule has 1 aromatic rings. The van der Waals surface area contributed by atoms with Gasteiger partial charge in [0.05, 0.1) is 0 Å². The summed E-state index contributed by atoms with van der Waals surface area (Å²) in [4.78, 5) is 15.0. The second kappa shape index (κ2) is 6.83. The average molecular weight is 273 g/mol. The van der Waals surface area contributed by atoms with Crippen LogP contribution in [0.4, 0.5) is 20.4 Å². The van der Waals surface area contributed by atoms with Gasteiger partial charge in [-0.2, -0.15) is 0 Å². The van der Waals surface area contributed by atoms with E-state index in [1.54, 1.807) is 0 Å². The standard InChI is InChI=1S/C11H17F2N5O/c1-6(2)16-9(19)3-4-15-10-7(12)5-8(13)11(17-10)18-14/h5-6H,3-4,14H2,1-2H3,(H,16,19)(H2,15,17,18). The molecule has 0 radical (unpaired) electrons. The molecule has 6 nitrogen and oxygen atoms in total. The van der Waals surface area contributed by atoms with Gasteiger partial charge in [0, 0.05) is 25.1 Å². The Hall–Kier alpha value is -1.96. The molecule has 1 aromatic heterocycles. The fourth-order valence-electron chi connectivity index (χ4n) is 1.38. The lowest BCUT2D eigenvalue weighted by atomic mass is 10.3. The fourth-order valence-corrected chi connectivity index (χ4v) is 1.38. The van der Waals surface area contributed by atoms with Gasteiger partial charge in [-0.15, -0.1) is 0 Å². The molecule has 1 amide bonds. The lowest BCUT2D eigenvalue weighted by Crippen LogP contribution is -2.31. The van der Waals surface area contributed by atoms with Gasteiger partial charge in [-0.25, -0.2) is 19.6 Å². The van der Waals surface area contributed by atoms with Crippen LogP contribution in [0, 0.1) is 11.6 Å². The Morgan fingerprint density at radius 2 is 2.00 bits per heavy atom. The highest BCUT2D eigenvalue weighted by Gasteiger charge is 2.11. The van der Waals surface area contributed by atoms with Gasteiger partial charge in [0.25, 0.3) is 0 Å². The van der Waals surface area contributed by atoms with E-state index in [-0.39, 0.29) is 36.6 Å². The number of amides is 1. The molecule has 1 rings (SSSR count). The minimum atomic E-state index is -0.886. The first-order chi connectivity index (χ1) is 8.93. The summed E-state index contributed by atoms with van der Waals surface area (Å²) in [5.41, 5.74) is 2.02. The Bertz CT molecular complexity index is 453. The van der Waals surface area contributed by atoms with E-state index in [1.165, 1.54) is 0 Å². The van der Waals surface area contributed by atoms with Gasteiger partial charge in [0.1, 0.15) is 0 Å². The van der Waals surface area contributed by atoms with E-state index in [1.807, 2.05) is 19.3 Å². The normalized spacial score (nSPS) is 10.4. The van der Waals surface area contributed by atoms with Crippen LogP contribution in [0.15, 0.2) is 6.07 Å². The first-order valence-corrected chi connectivity index (χ1v) is 5.80. The van der Waals surface area contributed by atoms with Gasteiger partial charge in [-0.1, -0.05) is 0 Å². The molecule has 0 saturated carbocycles. The molecule has 0 saturated heterocycles. The number of anilines is 2. The van der Waals surface area contributed by atoms with Gasteiger partial charge in [-0.3, -0.25) is 4.79 Å². The van der Waals surface area contributed by atoms with Crippen molar-refractivity contribution in [2.45, 2.75) is 26.3 Å². The van der Waals surface area contributed by atoms with E-state index in [0.29, 0.717) is 6.07 Å². The fraction of sp³-hybridized carbons (Fsp3) is 0.455. The van der Waals surface area contributed by atoms with Crippen molar-refractivity contribution in [3.63, 3.8) is 0 Å². The number of carbonyl (C=O) groups is 1. The minimum Gasteiger partial charge on any atom is -0.367 e. The predicted molar refractivity (Wildman–Crippen MR) is 68.3 cm³/mol. The number of nitrogens with zero attached hydrogens (tertiary/aromatic N) is 1. The number of hydrazine groups is 1. The molecule has 5 N–H and O–H groups in total. The van der Waals surface area contributed by atoms with Crippen LogP contribution >= 0.6 is 0 Å². The van der Waals surface area contributed by atoms with Crippen LogP contribution in [0.2, 0.25) is 0 Å². The zero-order chi connectivity index (χ0) is 14.4. The van der Waals surface area contributed by atoms with Crippen molar-refractivity contribution in [2.75, 3.05) is 17.3 Å². The zero-order valence-electron chi connectivity index (χ0n) is 10.8. The van der Waals surface area contributed by atoms with Crippen molar-refractivity contribution in [1.29, 1.82) is 0 Å². The molecule has 19 heavy (non-hydrogen) atoms. The monoisotopic (exact) mass is 273 g/mol. The molecule has 0 bridgehead atoms. The second-order valence-corrected chi connectivity index (χ2v) is 4.19. The Kier molecular flexibility index (Phi) is 5.43. The number of pyridine rings is 1. The number of hydrogen-bond donors (Lipinski definition) is 4. The van der Waals surface area contributed by atoms with E-state index in [0.717, 1.165) is 0 Å². The molecule has 0 aromatic carbocycles. The highest BCUT2D eigenvalue weighted by molar-refractivity contribution is 5.76. The largest absolute Gasteiger partial charge is 0.367 e. The van der Waals surface area contributed by atoms with E-state index >= 15 is 0 Å². The molecule has 1 heterocycles. The van der Waals surface area contributed by atoms with E-state index in [2.05, 4.69) is 15.6 Å². The molecule has 106 valence electrons. The van der Waals surface area contributed by atoms with Gasteiger partial charge >= 0.3 is 0 Å². The molecule has 0 aliphatic heterocycles. The summed E-state index contributed by atoms with van der Waals surface area (Å²) in [5, 5.41) is 5.30. The number of nitrogens with one attached hydrogen (secondary N) is 3. The summed E-state index contributed by atoms with van der Waals surface area (Å²) in [5.74, 6) is 2.71. The number of carbonyl (C=O) groups excluding carboxylic acids is 1. The highest BCUT2D eigenvalue weighted by atomic mass is 19.1. The number of nitrogen functional groups attached to an aromatic ring is 1. The first-order valence-electron chi connectivity index (χ1n) is 5.80. The molecular weight excluding hydrogens is 256 g/mol. The molecular formula is C11H17F2N5O. The van der Waals surface area contributed by atoms with Crippen molar-refractivity contribution in [3.05, 3.63) is 17.7 Å². The van der Waals surface area contributed by atoms with Crippen molar-refractivity contribution >= 4 is 17.5 Å². The van der Waals surface area contributed by atoms with Gasteiger partial charge in [0.15, 0.2) is 23.3 Å². The number of rotatable bonds is 6. The maximum absolute atomic E-state index is 13.4. The zero-order valence-corrected chi connectivity index (χ0v) is 10.8. The summed E-state index contributed by atoms with van der Waals surface area (Å²) in [6.07, 6.45) is 0.155. The maximum Gasteiger partial charge on any atom is 0.221 e. The third-order valence-electron chi connectivity index (χ3n) is 2.16. The van der Waals surface area contributed by atoms with Gasteiger partial charge < -0.3 is 16.1 Å². The molecule has 0 unspecified atom stereocenters. The van der Waals surface area contributed by atoms with E-state index in [9.17, 15) is 13.6 Å². The van der Waals surface area contributed by atoms with Crippen molar-refractivity contribution in [2.24, 2.45) is 5.84 Å². The molecule has 0 fully saturated rings. The van der Waals surface area contributed by atoms with Crippen molar-refractivity contribution in [1.82, 2.24) is 10.3 Å². The first kappa shape index (κ1) is 15.1. The number of hydrogen-bond acceptors (Lipinski definition) is 5. The summed E-state index contributed by atoms with van der Waals surface area (Å²) in [6, 6.07) is 0.708. The molecule has 0 spiro atoms. The van der Waals surface area contributed by atoms with E-state index in [4.69, 9.17) is 5.84 Å². The minimum absolute atomic E-state index is 0.0428. The van der Waals surface area contributed by atoms with Gasteiger partial charge in [-0.05, 0) is 13.8 Å². The SMILES string of the molecule is CC(C)NC(=O)CCNc1nc(NN)c(F)cc1F. The van der Waals surface area contributed by atoms with Crippen LogP contribution in [0.5, 0.6) is 0 Å². The number of aromatic nitrogens is 1. The lowest BCUT2D eigenvalue weighted by Gasteiger charge is -2.10. The van der Waals surface area contributed by atoms with Crippen molar-refractivity contribution < 1.29 is 13.6 Å². The van der Waals surface area contributed by atoms with Crippen LogP contribution in [0.25, 0.3) is 0 Å². The van der Waals surface area contributed by atoms with E-state index < -0.39 is 11.6 Å². The summed E-state index contributed by atoms with van der Waals surface area (Å²) in [7, 11) is 0. The van der Waals surface area contributed by atoms with Crippen LogP contribution in [0.3, 0.4) is 0 Å². The van der Waals surface area contributed by atoms with Crippen LogP contribution in [-0.2, 0) is 4.79 Å². The molecule has 8 heteroatoms. The van der Waals surface area contributed by atoms with Crippen LogP contribution in [0.1, 0.15) is 20.3 Å². The maximum atomic E-state index is 13.4. The lowest BCUT2D eigenvalue weighted by molar-refractivity contribution is -0.121. The summed E-state index contributed by atoms with van der Waals surface area (Å²) < 4.78 is 26.5. The Balaban J connectivity index is 2.56. The summed E-state index contributed by atoms with van der Waals surface area (Å²) >= 11 is 0. The highest BCUT2D eigenvalue weighted by Crippen LogP contribution is 2.17. The van der Waals surface area contributed by atoms with Crippen molar-refractivity contribution in [3.8, 4) is 0 Å². The third-order valence-corrected chi connectivity index (χ3v) is 2.16. The Morgan fingerprint density at radius 3 is 2.58 bits per heavy atom. The Labute approximate surface area is 109 Å². The summed E-state index contributed by atoms with van der Waals surface area (Å²) in [6.45, 7) is 3.86. The predicted octanol–water partition coefficient (Wildman–Crippen LogP) is 0.972. The van der Waals surface area contributed by atoms with Crippen LogP contribution in [-0.4, -0.2) is 23.5 Å².